The third-order valence-electron chi connectivity index (χ3n) is 4.31. The highest BCUT2D eigenvalue weighted by Gasteiger charge is 2.38. The summed E-state index contributed by atoms with van der Waals surface area (Å²) in [5.41, 5.74) is 0. The zero-order chi connectivity index (χ0) is 16.4. The quantitative estimate of drug-likeness (QED) is 0.539. The highest BCUT2D eigenvalue weighted by molar-refractivity contribution is 5.91. The van der Waals surface area contributed by atoms with Crippen molar-refractivity contribution in [1.29, 1.82) is 0 Å². The van der Waals surface area contributed by atoms with Crippen molar-refractivity contribution in [3.8, 4) is 0 Å². The number of hydrogen-bond acceptors (Lipinski definition) is 6. The van der Waals surface area contributed by atoms with Crippen molar-refractivity contribution in [2.45, 2.75) is 44.1 Å². The van der Waals surface area contributed by atoms with E-state index < -0.39 is 24.3 Å². The Morgan fingerprint density at radius 3 is 2.23 bits per heavy atom. The number of Topliss-reactive ketones (excluding diaryl/α,β-unsaturated/α-hetero) is 1. The summed E-state index contributed by atoms with van der Waals surface area (Å²) in [4.78, 5) is 38.8. The van der Waals surface area contributed by atoms with Gasteiger partial charge in [-0.2, -0.15) is 0 Å². The molecule has 2 amide bonds. The van der Waals surface area contributed by atoms with E-state index in [1.165, 1.54) is 11.8 Å². The van der Waals surface area contributed by atoms with Crippen molar-refractivity contribution in [2.24, 2.45) is 0 Å². The summed E-state index contributed by atoms with van der Waals surface area (Å²) in [6, 6.07) is -1.06. The van der Waals surface area contributed by atoms with Gasteiger partial charge >= 0.3 is 0 Å². The minimum absolute atomic E-state index is 0.112. The Kier molecular flexibility index (Phi) is 5.15. The lowest BCUT2D eigenvalue weighted by atomic mass is 10.1. The molecule has 0 aromatic heterocycles. The van der Waals surface area contributed by atoms with Crippen LogP contribution >= 0.6 is 0 Å². The summed E-state index contributed by atoms with van der Waals surface area (Å²) in [6.07, 6.45) is -0.654. The number of carbonyl (C=O) groups excluding carboxylic acids is 3. The van der Waals surface area contributed by atoms with Crippen LogP contribution in [0.2, 0.25) is 0 Å². The third-order valence-corrected chi connectivity index (χ3v) is 4.31. The van der Waals surface area contributed by atoms with Crippen LogP contribution in [0.25, 0.3) is 0 Å². The molecule has 2 fully saturated rings. The number of hydrogen-bond donors (Lipinski definition) is 3. The van der Waals surface area contributed by atoms with E-state index in [2.05, 4.69) is 5.32 Å². The second-order valence-electron chi connectivity index (χ2n) is 6.12. The highest BCUT2D eigenvalue weighted by atomic mass is 16.3. The van der Waals surface area contributed by atoms with Crippen LogP contribution in [0.4, 0.5) is 0 Å². The molecule has 2 aliphatic rings. The van der Waals surface area contributed by atoms with Crippen LogP contribution in [-0.4, -0.2) is 88.6 Å². The molecule has 3 N–H and O–H groups in total. The van der Waals surface area contributed by atoms with Crippen LogP contribution in [0.5, 0.6) is 0 Å². The fourth-order valence-electron chi connectivity index (χ4n) is 3.14. The number of likely N-dealkylation sites (tertiary alicyclic amines) is 2. The summed E-state index contributed by atoms with van der Waals surface area (Å²) in [7, 11) is 1.74. The number of likely N-dealkylation sites (N-methyl/N-ethyl adjacent to an activating group) is 1. The first-order valence-corrected chi connectivity index (χ1v) is 7.43. The van der Waals surface area contributed by atoms with E-state index in [-0.39, 0.29) is 37.1 Å². The number of carbonyl (C=O) groups is 3. The van der Waals surface area contributed by atoms with Gasteiger partial charge in [0.1, 0.15) is 0 Å². The maximum Gasteiger partial charge on any atom is 0.242 e. The summed E-state index contributed by atoms with van der Waals surface area (Å²) >= 11 is 0. The number of nitrogens with one attached hydrogen (secondary N) is 1. The first kappa shape index (κ1) is 16.9. The molecule has 0 radical (unpaired) electrons. The number of amides is 2. The molecule has 2 rings (SSSR count). The Morgan fingerprint density at radius 2 is 1.68 bits per heavy atom. The van der Waals surface area contributed by atoms with E-state index in [9.17, 15) is 24.6 Å². The van der Waals surface area contributed by atoms with Crippen LogP contribution in [0.3, 0.4) is 0 Å². The third kappa shape index (κ3) is 3.63. The Labute approximate surface area is 129 Å². The normalized spacial score (nSPS) is 32.3. The molecule has 22 heavy (non-hydrogen) atoms. The number of rotatable bonds is 4. The first-order chi connectivity index (χ1) is 10.3. The summed E-state index contributed by atoms with van der Waals surface area (Å²) in [5.74, 6) is -0.868. The van der Waals surface area contributed by atoms with Crippen LogP contribution in [0, 0.1) is 0 Å². The topological polar surface area (TPSA) is 110 Å². The van der Waals surface area contributed by atoms with Crippen molar-refractivity contribution < 1.29 is 24.6 Å². The molecule has 2 saturated heterocycles. The van der Waals surface area contributed by atoms with E-state index in [4.69, 9.17) is 0 Å². The number of ketones is 1. The van der Waals surface area contributed by atoms with Crippen LogP contribution in [-0.2, 0) is 14.4 Å². The molecule has 0 spiro atoms. The second-order valence-corrected chi connectivity index (χ2v) is 6.12. The average molecular weight is 313 g/mol. The molecule has 0 saturated carbocycles. The van der Waals surface area contributed by atoms with Gasteiger partial charge in [0.15, 0.2) is 5.78 Å². The summed E-state index contributed by atoms with van der Waals surface area (Å²) in [5, 5.41) is 21.7. The monoisotopic (exact) mass is 313 g/mol. The van der Waals surface area contributed by atoms with Crippen molar-refractivity contribution >= 4 is 17.6 Å². The van der Waals surface area contributed by atoms with Gasteiger partial charge in [-0.1, -0.05) is 0 Å². The maximum atomic E-state index is 12.2. The Morgan fingerprint density at radius 1 is 1.09 bits per heavy atom. The van der Waals surface area contributed by atoms with Gasteiger partial charge in [-0.25, -0.2) is 0 Å². The lowest BCUT2D eigenvalue weighted by molar-refractivity contribution is -0.137. The summed E-state index contributed by atoms with van der Waals surface area (Å²) < 4.78 is 0. The Hall–Kier alpha value is -1.51. The molecule has 2 aliphatic heterocycles. The molecule has 0 bridgehead atoms. The van der Waals surface area contributed by atoms with Gasteiger partial charge in [-0.15, -0.1) is 0 Å². The zero-order valence-electron chi connectivity index (χ0n) is 12.9. The van der Waals surface area contributed by atoms with Crippen molar-refractivity contribution in [1.82, 2.24) is 15.1 Å². The number of nitrogens with zero attached hydrogens (tertiary/aromatic N) is 2. The lowest BCUT2D eigenvalue weighted by Crippen LogP contribution is -2.48. The molecule has 0 aromatic carbocycles. The molecule has 0 aliphatic carbocycles. The van der Waals surface area contributed by atoms with Gasteiger partial charge in [0, 0.05) is 19.5 Å². The molecule has 8 nitrogen and oxygen atoms in total. The molecule has 0 aromatic rings. The standard InChI is InChI=1S/C14H23N3O5/c1-8(18)11-3-10(20)7-17(11)13(21)5-15-14(22)12-4-9(19)6-16(12)2/h9-12,19-20H,3-7H2,1-2H3,(H,15,22). The number of aliphatic hydroxyl groups is 2. The van der Waals surface area contributed by atoms with Gasteiger partial charge in [-0.3, -0.25) is 19.3 Å². The van der Waals surface area contributed by atoms with Gasteiger partial charge < -0.3 is 20.4 Å². The van der Waals surface area contributed by atoms with Gasteiger partial charge in [0.25, 0.3) is 0 Å². The van der Waals surface area contributed by atoms with Crippen molar-refractivity contribution in [3.63, 3.8) is 0 Å². The largest absolute Gasteiger partial charge is 0.392 e. The predicted octanol–water partition coefficient (Wildman–Crippen LogP) is -2.28. The highest BCUT2D eigenvalue weighted by Crippen LogP contribution is 2.19. The second kappa shape index (κ2) is 6.72. The van der Waals surface area contributed by atoms with Crippen LogP contribution in [0.1, 0.15) is 19.8 Å². The molecule has 124 valence electrons. The van der Waals surface area contributed by atoms with Crippen LogP contribution < -0.4 is 5.32 Å². The zero-order valence-corrected chi connectivity index (χ0v) is 12.9. The van der Waals surface area contributed by atoms with E-state index in [0.29, 0.717) is 13.0 Å². The van der Waals surface area contributed by atoms with E-state index >= 15 is 0 Å². The maximum absolute atomic E-state index is 12.2. The Balaban J connectivity index is 1.87. The minimum Gasteiger partial charge on any atom is -0.392 e. The van der Waals surface area contributed by atoms with Gasteiger partial charge in [0.05, 0.1) is 30.8 Å². The lowest BCUT2D eigenvalue weighted by Gasteiger charge is -2.23. The average Bonchev–Trinajstić information content (AvgIpc) is 2.98. The SMILES string of the molecule is CC(=O)C1CC(O)CN1C(=O)CNC(=O)C1CC(O)CN1C. The summed E-state index contributed by atoms with van der Waals surface area (Å²) in [6.45, 7) is 1.71. The number of β-amino-alcohol motifs (C(OH)–C–C–N with tert-alkyl or cyclic N) is 2. The minimum atomic E-state index is -0.704. The molecular weight excluding hydrogens is 290 g/mol. The van der Waals surface area contributed by atoms with Gasteiger partial charge in [0.2, 0.25) is 11.8 Å². The Bertz CT molecular complexity index is 469. The fraction of sp³-hybridized carbons (Fsp3) is 0.786. The molecule has 2 heterocycles. The van der Waals surface area contributed by atoms with Crippen molar-refractivity contribution in [3.05, 3.63) is 0 Å². The molecular formula is C14H23N3O5. The molecule has 4 unspecified atom stereocenters. The van der Waals surface area contributed by atoms with Crippen molar-refractivity contribution in [2.75, 3.05) is 26.7 Å². The number of aliphatic hydroxyl groups excluding tert-OH is 2. The fourth-order valence-corrected chi connectivity index (χ4v) is 3.14. The molecule has 4 atom stereocenters. The predicted molar refractivity (Wildman–Crippen MR) is 76.9 cm³/mol. The van der Waals surface area contributed by atoms with E-state index in [1.54, 1.807) is 11.9 Å². The first-order valence-electron chi connectivity index (χ1n) is 7.43. The van der Waals surface area contributed by atoms with Gasteiger partial charge in [-0.05, 0) is 20.4 Å². The van der Waals surface area contributed by atoms with Crippen LogP contribution in [0.15, 0.2) is 0 Å². The molecule has 8 heteroatoms. The van der Waals surface area contributed by atoms with E-state index in [1.807, 2.05) is 0 Å². The smallest absolute Gasteiger partial charge is 0.242 e. The van der Waals surface area contributed by atoms with E-state index in [0.717, 1.165) is 0 Å².